The molecule has 0 unspecified atom stereocenters. The molecule has 0 bridgehead atoms. The summed E-state index contributed by atoms with van der Waals surface area (Å²) in [5, 5.41) is -0.126. The number of nitrogens with two attached hydrogens (primary N) is 1. The van der Waals surface area contributed by atoms with Crippen molar-refractivity contribution >= 4 is 10.0 Å². The van der Waals surface area contributed by atoms with E-state index >= 15 is 0 Å². The van der Waals surface area contributed by atoms with Crippen LogP contribution in [0.25, 0.3) is 0 Å². The Hall–Kier alpha value is -0.130. The summed E-state index contributed by atoms with van der Waals surface area (Å²) in [6.45, 7) is 3.05. The lowest BCUT2D eigenvalue weighted by Crippen LogP contribution is -2.69. The van der Waals surface area contributed by atoms with Crippen molar-refractivity contribution in [2.75, 3.05) is 13.1 Å². The maximum absolute atomic E-state index is 12.1. The number of sulfonamides is 1. The summed E-state index contributed by atoms with van der Waals surface area (Å²) in [5.41, 5.74) is 5.72. The Kier molecular flexibility index (Phi) is 2.81. The molecule has 1 aliphatic carbocycles. The monoisotopic (exact) mass is 232 g/mol. The molecule has 5 heteroatoms. The molecule has 2 fully saturated rings. The topological polar surface area (TPSA) is 63.4 Å². The molecular formula is C10H20N2O2S. The van der Waals surface area contributed by atoms with Crippen molar-refractivity contribution in [2.24, 2.45) is 5.73 Å². The van der Waals surface area contributed by atoms with E-state index in [0.717, 1.165) is 32.1 Å². The van der Waals surface area contributed by atoms with Crippen LogP contribution in [0, 0.1) is 0 Å². The fourth-order valence-corrected chi connectivity index (χ4v) is 4.68. The van der Waals surface area contributed by atoms with Gasteiger partial charge in [-0.3, -0.25) is 0 Å². The number of hydrogen-bond donors (Lipinski definition) is 1. The SMILES string of the molecule is CCC1(N)CN(S(=O)(=O)C2CCCC2)C1. The van der Waals surface area contributed by atoms with E-state index in [-0.39, 0.29) is 10.8 Å². The van der Waals surface area contributed by atoms with E-state index in [4.69, 9.17) is 5.73 Å². The van der Waals surface area contributed by atoms with E-state index in [2.05, 4.69) is 0 Å². The first-order valence-corrected chi connectivity index (χ1v) is 7.26. The molecule has 0 aromatic heterocycles. The minimum Gasteiger partial charge on any atom is -0.323 e. The van der Waals surface area contributed by atoms with Crippen LogP contribution in [0.4, 0.5) is 0 Å². The number of hydrogen-bond acceptors (Lipinski definition) is 3. The molecule has 15 heavy (non-hydrogen) atoms. The van der Waals surface area contributed by atoms with Crippen LogP contribution >= 0.6 is 0 Å². The Bertz CT molecular complexity index is 327. The molecule has 0 aromatic rings. The van der Waals surface area contributed by atoms with Gasteiger partial charge in [-0.2, -0.15) is 4.31 Å². The molecule has 0 aromatic carbocycles. The van der Waals surface area contributed by atoms with E-state index in [1.165, 1.54) is 0 Å². The van der Waals surface area contributed by atoms with Crippen molar-refractivity contribution in [3.8, 4) is 0 Å². The molecule has 1 saturated heterocycles. The molecule has 2 aliphatic rings. The first-order valence-electron chi connectivity index (χ1n) is 5.76. The predicted octanol–water partition coefficient (Wildman–Crippen LogP) is 0.682. The van der Waals surface area contributed by atoms with E-state index < -0.39 is 10.0 Å². The van der Waals surface area contributed by atoms with Crippen LogP contribution in [0.5, 0.6) is 0 Å². The standard InChI is InChI=1S/C10H20N2O2S/c1-2-10(11)7-12(8-10)15(13,14)9-5-3-4-6-9/h9H,2-8,11H2,1H3. The Morgan fingerprint density at radius 1 is 1.33 bits per heavy atom. The largest absolute Gasteiger partial charge is 0.323 e. The van der Waals surface area contributed by atoms with Crippen molar-refractivity contribution in [2.45, 2.75) is 49.8 Å². The second-order valence-corrected chi connectivity index (χ2v) is 7.15. The fourth-order valence-electron chi connectivity index (χ4n) is 2.46. The molecule has 1 heterocycles. The Morgan fingerprint density at radius 3 is 2.33 bits per heavy atom. The molecule has 0 spiro atoms. The van der Waals surface area contributed by atoms with Gasteiger partial charge in [0.15, 0.2) is 0 Å². The van der Waals surface area contributed by atoms with Crippen LogP contribution in [0.2, 0.25) is 0 Å². The zero-order valence-electron chi connectivity index (χ0n) is 9.28. The zero-order valence-corrected chi connectivity index (χ0v) is 10.1. The van der Waals surface area contributed by atoms with Crippen LogP contribution in [0.3, 0.4) is 0 Å². The van der Waals surface area contributed by atoms with E-state index in [9.17, 15) is 8.42 Å². The lowest BCUT2D eigenvalue weighted by atomic mass is 9.91. The zero-order chi connectivity index (χ0) is 11.1. The molecule has 0 atom stereocenters. The van der Waals surface area contributed by atoms with Crippen molar-refractivity contribution < 1.29 is 8.42 Å². The second kappa shape index (κ2) is 3.71. The van der Waals surface area contributed by atoms with Crippen LogP contribution in [0.15, 0.2) is 0 Å². The molecule has 1 saturated carbocycles. The third-order valence-electron chi connectivity index (χ3n) is 3.77. The van der Waals surface area contributed by atoms with Gasteiger partial charge in [0.1, 0.15) is 0 Å². The Balaban J connectivity index is 2.00. The summed E-state index contributed by atoms with van der Waals surface area (Å²) in [4.78, 5) is 0. The van der Waals surface area contributed by atoms with Crippen molar-refractivity contribution in [3.05, 3.63) is 0 Å². The average Bonchev–Trinajstić information content (AvgIpc) is 2.65. The van der Waals surface area contributed by atoms with Gasteiger partial charge in [-0.05, 0) is 19.3 Å². The van der Waals surface area contributed by atoms with Gasteiger partial charge in [0.05, 0.1) is 5.25 Å². The average molecular weight is 232 g/mol. The molecule has 1 aliphatic heterocycles. The molecular weight excluding hydrogens is 212 g/mol. The maximum Gasteiger partial charge on any atom is 0.217 e. The highest BCUT2D eigenvalue weighted by atomic mass is 32.2. The molecule has 2 N–H and O–H groups in total. The van der Waals surface area contributed by atoms with E-state index in [0.29, 0.717) is 13.1 Å². The highest BCUT2D eigenvalue weighted by molar-refractivity contribution is 7.89. The van der Waals surface area contributed by atoms with Crippen LogP contribution in [-0.2, 0) is 10.0 Å². The third kappa shape index (κ3) is 1.92. The van der Waals surface area contributed by atoms with Crippen molar-refractivity contribution in [1.29, 1.82) is 0 Å². The first-order chi connectivity index (χ1) is 6.98. The fraction of sp³-hybridized carbons (Fsp3) is 1.00. The van der Waals surface area contributed by atoms with Gasteiger partial charge in [-0.25, -0.2) is 8.42 Å². The molecule has 0 radical (unpaired) electrons. The van der Waals surface area contributed by atoms with Gasteiger partial charge in [0.25, 0.3) is 0 Å². The number of nitrogens with zero attached hydrogens (tertiary/aromatic N) is 1. The highest BCUT2D eigenvalue weighted by Crippen LogP contribution is 2.32. The minimum absolute atomic E-state index is 0.126. The van der Waals surface area contributed by atoms with Gasteiger partial charge in [-0.1, -0.05) is 19.8 Å². The summed E-state index contributed by atoms with van der Waals surface area (Å²) < 4.78 is 25.8. The molecule has 0 amide bonds. The molecule has 4 nitrogen and oxygen atoms in total. The lowest BCUT2D eigenvalue weighted by Gasteiger charge is -2.47. The van der Waals surface area contributed by atoms with Gasteiger partial charge >= 0.3 is 0 Å². The quantitative estimate of drug-likeness (QED) is 0.778. The summed E-state index contributed by atoms with van der Waals surface area (Å²) in [7, 11) is -3.03. The van der Waals surface area contributed by atoms with E-state index in [1.54, 1.807) is 4.31 Å². The minimum atomic E-state index is -3.03. The maximum atomic E-state index is 12.1. The van der Waals surface area contributed by atoms with Gasteiger partial charge in [0, 0.05) is 18.6 Å². The number of rotatable bonds is 3. The van der Waals surface area contributed by atoms with Gasteiger partial charge in [-0.15, -0.1) is 0 Å². The lowest BCUT2D eigenvalue weighted by molar-refractivity contribution is 0.152. The second-order valence-electron chi connectivity index (χ2n) is 4.94. The van der Waals surface area contributed by atoms with Gasteiger partial charge < -0.3 is 5.73 Å². The highest BCUT2D eigenvalue weighted by Gasteiger charge is 2.46. The summed E-state index contributed by atoms with van der Waals surface area (Å²) in [6.07, 6.45) is 4.63. The normalized spacial score (nSPS) is 27.9. The van der Waals surface area contributed by atoms with E-state index in [1.807, 2.05) is 6.92 Å². The Labute approximate surface area is 91.9 Å². The summed E-state index contributed by atoms with van der Waals surface area (Å²) >= 11 is 0. The molecule has 2 rings (SSSR count). The van der Waals surface area contributed by atoms with Crippen molar-refractivity contribution in [1.82, 2.24) is 4.31 Å². The van der Waals surface area contributed by atoms with Crippen molar-refractivity contribution in [3.63, 3.8) is 0 Å². The third-order valence-corrected chi connectivity index (χ3v) is 6.06. The predicted molar refractivity (Wildman–Crippen MR) is 60.0 cm³/mol. The van der Waals surface area contributed by atoms with Crippen LogP contribution in [-0.4, -0.2) is 36.6 Å². The smallest absolute Gasteiger partial charge is 0.217 e. The first kappa shape index (κ1) is 11.4. The summed E-state index contributed by atoms with van der Waals surface area (Å²) in [6, 6.07) is 0. The van der Waals surface area contributed by atoms with Crippen LogP contribution in [0.1, 0.15) is 39.0 Å². The summed E-state index contributed by atoms with van der Waals surface area (Å²) in [5.74, 6) is 0. The Morgan fingerprint density at radius 2 is 1.87 bits per heavy atom. The van der Waals surface area contributed by atoms with Crippen LogP contribution < -0.4 is 5.73 Å². The molecule has 88 valence electrons. The van der Waals surface area contributed by atoms with Gasteiger partial charge in [0.2, 0.25) is 10.0 Å².